The molecule has 3 nitrogen and oxygen atoms in total. The molecule has 0 aliphatic carbocycles. The maximum Gasteiger partial charge on any atom is 0.151 e. The van der Waals surface area contributed by atoms with Crippen LogP contribution in [0.3, 0.4) is 0 Å². The predicted molar refractivity (Wildman–Crippen MR) is 42.9 cm³/mol. The van der Waals surface area contributed by atoms with Crippen LogP contribution in [0.5, 0.6) is 0 Å². The fourth-order valence-electron chi connectivity index (χ4n) is 0.466. The van der Waals surface area contributed by atoms with Gasteiger partial charge in [-0.05, 0) is 14.1 Å². The van der Waals surface area contributed by atoms with Crippen molar-refractivity contribution in [1.82, 2.24) is 4.90 Å². The molecule has 0 bridgehead atoms. The second kappa shape index (κ2) is 3.93. The quantitative estimate of drug-likeness (QED) is 0.587. The Morgan fingerprint density at radius 1 is 1.30 bits per heavy atom. The Balaban J connectivity index is 3.70. The summed E-state index contributed by atoms with van der Waals surface area (Å²) in [6.07, 6.45) is 0. The summed E-state index contributed by atoms with van der Waals surface area (Å²) < 4.78 is 21.8. The minimum atomic E-state index is -2.76. The van der Waals surface area contributed by atoms with Crippen molar-refractivity contribution in [2.75, 3.05) is 32.1 Å². The van der Waals surface area contributed by atoms with Gasteiger partial charge in [0.1, 0.15) is 0 Å². The van der Waals surface area contributed by atoms with Gasteiger partial charge in [0, 0.05) is 12.3 Å². The van der Waals surface area contributed by atoms with Gasteiger partial charge in [0.25, 0.3) is 0 Å². The molecule has 0 amide bonds. The molecule has 0 N–H and O–H groups in total. The van der Waals surface area contributed by atoms with Gasteiger partial charge in [-0.15, -0.1) is 0 Å². The molecule has 0 aromatic carbocycles. The van der Waals surface area contributed by atoms with Gasteiger partial charge in [-0.1, -0.05) is 6.92 Å². The van der Waals surface area contributed by atoms with Crippen molar-refractivity contribution in [2.45, 2.75) is 6.92 Å². The Labute approximate surface area is 62.9 Å². The lowest BCUT2D eigenvalue weighted by Gasteiger charge is -2.07. The highest BCUT2D eigenvalue weighted by Gasteiger charge is 2.06. The summed E-state index contributed by atoms with van der Waals surface area (Å²) in [5, 5.41) is 0. The molecule has 0 unspecified atom stereocenters. The van der Waals surface area contributed by atoms with Crippen LogP contribution in [0.2, 0.25) is 0 Å². The third-order valence-corrected chi connectivity index (χ3v) is 2.97. The van der Waals surface area contributed by atoms with Gasteiger partial charge in [0.05, 0.1) is 5.75 Å². The Hall–Kier alpha value is -0.0900. The number of sulfone groups is 1. The van der Waals surface area contributed by atoms with Gasteiger partial charge in [0.2, 0.25) is 0 Å². The van der Waals surface area contributed by atoms with Crippen molar-refractivity contribution in [1.29, 1.82) is 0 Å². The van der Waals surface area contributed by atoms with Crippen LogP contribution in [-0.4, -0.2) is 45.5 Å². The zero-order valence-electron chi connectivity index (χ0n) is 6.79. The summed E-state index contributed by atoms with van der Waals surface area (Å²) >= 11 is 0. The van der Waals surface area contributed by atoms with Crippen molar-refractivity contribution in [3.8, 4) is 0 Å². The lowest BCUT2D eigenvalue weighted by molar-refractivity contribution is 0.432. The highest BCUT2D eigenvalue weighted by atomic mass is 32.2. The SMILES string of the molecule is CCS(=O)(=O)CCN(C)C. The van der Waals surface area contributed by atoms with Crippen molar-refractivity contribution < 1.29 is 8.42 Å². The molecule has 0 atom stereocenters. The van der Waals surface area contributed by atoms with E-state index in [-0.39, 0.29) is 11.5 Å². The van der Waals surface area contributed by atoms with Gasteiger partial charge in [-0.3, -0.25) is 0 Å². The molecule has 10 heavy (non-hydrogen) atoms. The summed E-state index contributed by atoms with van der Waals surface area (Å²) in [5.41, 5.74) is 0. The molecule has 0 aliphatic heterocycles. The number of rotatable bonds is 4. The summed E-state index contributed by atoms with van der Waals surface area (Å²) in [6, 6.07) is 0. The summed E-state index contributed by atoms with van der Waals surface area (Å²) in [7, 11) is 0.976. The van der Waals surface area contributed by atoms with Crippen LogP contribution in [-0.2, 0) is 9.84 Å². The molecular formula is C6H15NO2S. The molecule has 0 aliphatic rings. The molecule has 0 aromatic rings. The van der Waals surface area contributed by atoms with Crippen LogP contribution in [0.15, 0.2) is 0 Å². The smallest absolute Gasteiger partial charge is 0.151 e. The summed E-state index contributed by atoms with van der Waals surface area (Å²) in [5.74, 6) is 0.525. The fourth-order valence-corrected chi connectivity index (χ4v) is 1.40. The Bertz CT molecular complexity index is 172. The summed E-state index contributed by atoms with van der Waals surface area (Å²) in [4.78, 5) is 1.87. The first-order chi connectivity index (χ1) is 4.48. The molecule has 0 aromatic heterocycles. The van der Waals surface area contributed by atoms with E-state index in [0.29, 0.717) is 6.54 Å². The Morgan fingerprint density at radius 2 is 1.80 bits per heavy atom. The lowest BCUT2D eigenvalue weighted by Crippen LogP contribution is -2.22. The highest BCUT2D eigenvalue weighted by molar-refractivity contribution is 7.91. The first-order valence-corrected chi connectivity index (χ1v) is 5.15. The van der Waals surface area contributed by atoms with E-state index in [2.05, 4.69) is 0 Å². The van der Waals surface area contributed by atoms with Gasteiger partial charge in [0.15, 0.2) is 9.84 Å². The van der Waals surface area contributed by atoms with E-state index >= 15 is 0 Å². The predicted octanol–water partition coefficient (Wildman–Crippen LogP) is -0.0173. The minimum absolute atomic E-state index is 0.251. The molecule has 0 saturated heterocycles. The minimum Gasteiger partial charge on any atom is -0.308 e. The van der Waals surface area contributed by atoms with Gasteiger partial charge in [-0.25, -0.2) is 8.42 Å². The normalized spacial score (nSPS) is 12.4. The third-order valence-electron chi connectivity index (χ3n) is 1.29. The van der Waals surface area contributed by atoms with E-state index < -0.39 is 9.84 Å². The van der Waals surface area contributed by atoms with Crippen LogP contribution in [0.1, 0.15) is 6.92 Å². The molecular weight excluding hydrogens is 150 g/mol. The molecule has 0 heterocycles. The van der Waals surface area contributed by atoms with Crippen LogP contribution in [0, 0.1) is 0 Å². The van der Waals surface area contributed by atoms with E-state index in [1.807, 2.05) is 19.0 Å². The zero-order chi connectivity index (χ0) is 8.20. The van der Waals surface area contributed by atoms with Crippen LogP contribution in [0.25, 0.3) is 0 Å². The van der Waals surface area contributed by atoms with Crippen LogP contribution >= 0.6 is 0 Å². The molecule has 0 fully saturated rings. The van der Waals surface area contributed by atoms with Gasteiger partial charge < -0.3 is 4.90 Å². The molecule has 0 radical (unpaired) electrons. The first kappa shape index (κ1) is 9.91. The van der Waals surface area contributed by atoms with Crippen molar-refractivity contribution >= 4 is 9.84 Å². The second-order valence-electron chi connectivity index (χ2n) is 2.54. The molecule has 0 spiro atoms. The third kappa shape index (κ3) is 4.76. The molecule has 0 saturated carbocycles. The number of hydrogen-bond acceptors (Lipinski definition) is 3. The van der Waals surface area contributed by atoms with E-state index in [0.717, 1.165) is 0 Å². The Kier molecular flexibility index (Phi) is 3.89. The summed E-state index contributed by atoms with van der Waals surface area (Å²) in [6.45, 7) is 2.29. The standard InChI is InChI=1S/C6H15NO2S/c1-4-10(8,9)6-5-7(2)3/h4-6H2,1-3H3. The van der Waals surface area contributed by atoms with Crippen molar-refractivity contribution in [3.05, 3.63) is 0 Å². The second-order valence-corrected chi connectivity index (χ2v) is 5.01. The van der Waals surface area contributed by atoms with E-state index in [1.165, 1.54) is 0 Å². The zero-order valence-corrected chi connectivity index (χ0v) is 7.61. The average Bonchev–Trinajstić information content (AvgIpc) is 1.85. The van der Waals surface area contributed by atoms with E-state index in [9.17, 15) is 8.42 Å². The number of nitrogens with zero attached hydrogens (tertiary/aromatic N) is 1. The average molecular weight is 165 g/mol. The molecule has 4 heteroatoms. The fraction of sp³-hybridized carbons (Fsp3) is 1.00. The maximum atomic E-state index is 10.9. The lowest BCUT2D eigenvalue weighted by atomic mass is 10.7. The van der Waals surface area contributed by atoms with E-state index in [1.54, 1.807) is 6.92 Å². The van der Waals surface area contributed by atoms with Crippen molar-refractivity contribution in [3.63, 3.8) is 0 Å². The van der Waals surface area contributed by atoms with Gasteiger partial charge >= 0.3 is 0 Å². The Morgan fingerprint density at radius 3 is 2.10 bits per heavy atom. The first-order valence-electron chi connectivity index (χ1n) is 3.33. The topological polar surface area (TPSA) is 37.4 Å². The monoisotopic (exact) mass is 165 g/mol. The van der Waals surface area contributed by atoms with Crippen molar-refractivity contribution in [2.24, 2.45) is 0 Å². The largest absolute Gasteiger partial charge is 0.308 e. The molecule has 0 rings (SSSR count). The number of hydrogen-bond donors (Lipinski definition) is 0. The van der Waals surface area contributed by atoms with Gasteiger partial charge in [-0.2, -0.15) is 0 Å². The van der Waals surface area contributed by atoms with Crippen LogP contribution in [0.4, 0.5) is 0 Å². The van der Waals surface area contributed by atoms with Crippen LogP contribution < -0.4 is 0 Å². The molecule has 62 valence electrons. The maximum absolute atomic E-state index is 10.9. The van der Waals surface area contributed by atoms with E-state index in [4.69, 9.17) is 0 Å². The highest BCUT2D eigenvalue weighted by Crippen LogP contribution is 1.89.